The van der Waals surface area contributed by atoms with E-state index in [0.717, 1.165) is 42.4 Å². The Morgan fingerprint density at radius 3 is 2.39 bits per heavy atom. The number of carbonyl (C=O) groups excluding carboxylic acids is 4. The van der Waals surface area contributed by atoms with E-state index in [0.29, 0.717) is 23.4 Å². The average molecular weight is 597 g/mol. The number of amides is 3. The molecule has 3 aromatic carbocycles. The number of aryl methyl sites for hydroxylation is 1. The van der Waals surface area contributed by atoms with Crippen LogP contribution in [0.5, 0.6) is 5.75 Å². The molecule has 0 spiro atoms. The van der Waals surface area contributed by atoms with Crippen molar-refractivity contribution in [1.82, 2.24) is 10.2 Å². The molecule has 3 aromatic rings. The number of rotatable bonds is 11. The van der Waals surface area contributed by atoms with Gasteiger partial charge < -0.3 is 26.0 Å². The van der Waals surface area contributed by atoms with Crippen LogP contribution in [0, 0.1) is 0 Å². The van der Waals surface area contributed by atoms with E-state index in [9.17, 15) is 19.2 Å². The van der Waals surface area contributed by atoms with Crippen molar-refractivity contribution in [3.8, 4) is 5.75 Å². The smallest absolute Gasteiger partial charge is 0.247 e. The molecule has 4 N–H and O–H groups in total. The highest BCUT2D eigenvalue weighted by molar-refractivity contribution is 6.00. The summed E-state index contributed by atoms with van der Waals surface area (Å²) in [5, 5.41) is 5.83. The molecule has 0 fully saturated rings. The Morgan fingerprint density at radius 2 is 1.64 bits per heavy atom. The third kappa shape index (κ3) is 7.00. The Labute approximate surface area is 258 Å². The lowest BCUT2D eigenvalue weighted by Gasteiger charge is -2.36. The number of nitrogens with two attached hydrogens (primary N) is 1. The zero-order valence-electron chi connectivity index (χ0n) is 25.1. The first kappa shape index (κ1) is 30.9. The highest BCUT2D eigenvalue weighted by Gasteiger charge is 2.36. The topological polar surface area (TPSA) is 131 Å². The van der Waals surface area contributed by atoms with Crippen molar-refractivity contribution in [3.05, 3.63) is 94.5 Å². The van der Waals surface area contributed by atoms with E-state index in [1.807, 2.05) is 42.5 Å². The quantitative estimate of drug-likeness (QED) is 0.287. The predicted octanol–water partition coefficient (Wildman–Crippen LogP) is 3.96. The molecule has 0 radical (unpaired) electrons. The Kier molecular flexibility index (Phi) is 10.1. The van der Waals surface area contributed by atoms with Gasteiger partial charge in [-0.05, 0) is 67.0 Å². The summed E-state index contributed by atoms with van der Waals surface area (Å²) in [7, 11) is 1.60. The minimum Gasteiger partial charge on any atom is -0.494 e. The number of carbonyl (C=O) groups is 4. The zero-order chi connectivity index (χ0) is 31.1. The molecular weight excluding hydrogens is 556 g/mol. The van der Waals surface area contributed by atoms with Crippen LogP contribution in [0.25, 0.3) is 0 Å². The number of Topliss-reactive ketones (excluding diaryl/α,β-unsaturated/α-hetero) is 1. The third-order valence-corrected chi connectivity index (χ3v) is 8.56. The maximum absolute atomic E-state index is 13.8. The summed E-state index contributed by atoms with van der Waals surface area (Å²) in [6.45, 7) is 0.421. The Balaban J connectivity index is 1.31. The number of methoxy groups -OCH3 is 1. The first-order valence-electron chi connectivity index (χ1n) is 15.3. The van der Waals surface area contributed by atoms with Gasteiger partial charge in [0.1, 0.15) is 17.8 Å². The largest absolute Gasteiger partial charge is 0.494 e. The number of hydrogen-bond donors (Lipinski definition) is 3. The first-order chi connectivity index (χ1) is 21.4. The number of fused-ring (bicyclic) bond motifs is 2. The van der Waals surface area contributed by atoms with Crippen LogP contribution in [0.2, 0.25) is 0 Å². The molecule has 230 valence electrons. The summed E-state index contributed by atoms with van der Waals surface area (Å²) in [6, 6.07) is 18.7. The fourth-order valence-electron chi connectivity index (χ4n) is 6.20. The fraction of sp³-hybridized carbons (Fsp3) is 0.371. The van der Waals surface area contributed by atoms with E-state index in [1.54, 1.807) is 31.4 Å². The van der Waals surface area contributed by atoms with Crippen LogP contribution in [0.4, 0.5) is 5.69 Å². The third-order valence-electron chi connectivity index (χ3n) is 8.56. The molecule has 2 aliphatic rings. The van der Waals surface area contributed by atoms with Crippen molar-refractivity contribution < 1.29 is 23.9 Å². The maximum Gasteiger partial charge on any atom is 0.247 e. The number of ketones is 1. The van der Waals surface area contributed by atoms with Gasteiger partial charge in [-0.1, -0.05) is 60.7 Å². The van der Waals surface area contributed by atoms with Crippen molar-refractivity contribution in [1.29, 1.82) is 0 Å². The lowest BCUT2D eigenvalue weighted by Crippen LogP contribution is -2.56. The number of benzene rings is 3. The molecule has 9 nitrogen and oxygen atoms in total. The minimum atomic E-state index is -0.915. The van der Waals surface area contributed by atoms with Gasteiger partial charge in [0, 0.05) is 31.4 Å². The monoisotopic (exact) mass is 596 g/mol. The van der Waals surface area contributed by atoms with Crippen LogP contribution >= 0.6 is 0 Å². The van der Waals surface area contributed by atoms with Crippen molar-refractivity contribution >= 4 is 29.2 Å². The zero-order valence-corrected chi connectivity index (χ0v) is 25.1. The van der Waals surface area contributed by atoms with Gasteiger partial charge in [0.15, 0.2) is 5.78 Å². The van der Waals surface area contributed by atoms with Crippen molar-refractivity contribution in [2.75, 3.05) is 19.0 Å². The van der Waals surface area contributed by atoms with Gasteiger partial charge in [-0.15, -0.1) is 0 Å². The average Bonchev–Trinajstić information content (AvgIpc) is 3.06. The van der Waals surface area contributed by atoms with E-state index >= 15 is 0 Å². The summed E-state index contributed by atoms with van der Waals surface area (Å²) in [5.41, 5.74) is 11.2. The van der Waals surface area contributed by atoms with Gasteiger partial charge >= 0.3 is 0 Å². The van der Waals surface area contributed by atoms with Crippen LogP contribution in [0.3, 0.4) is 0 Å². The Hall–Kier alpha value is -4.50. The lowest BCUT2D eigenvalue weighted by atomic mass is 9.90. The number of nitrogens with zero attached hydrogens (tertiary/aromatic N) is 1. The minimum absolute atomic E-state index is 0.0233. The fourth-order valence-corrected chi connectivity index (χ4v) is 6.20. The summed E-state index contributed by atoms with van der Waals surface area (Å²) >= 11 is 0. The van der Waals surface area contributed by atoms with E-state index in [4.69, 9.17) is 10.5 Å². The highest BCUT2D eigenvalue weighted by atomic mass is 16.5. The van der Waals surface area contributed by atoms with E-state index in [1.165, 1.54) is 10.5 Å². The van der Waals surface area contributed by atoms with Crippen molar-refractivity contribution in [2.45, 2.75) is 70.0 Å². The van der Waals surface area contributed by atoms with Crippen LogP contribution in [-0.4, -0.2) is 54.1 Å². The molecule has 0 unspecified atom stereocenters. The molecule has 0 bridgehead atoms. The van der Waals surface area contributed by atoms with E-state index in [2.05, 4.69) is 10.6 Å². The molecule has 1 aliphatic heterocycles. The van der Waals surface area contributed by atoms with Crippen LogP contribution < -0.4 is 21.1 Å². The molecule has 9 heteroatoms. The number of anilines is 1. The molecular formula is C35H40N4O5. The molecule has 3 amide bonds. The van der Waals surface area contributed by atoms with Crippen LogP contribution in [0.15, 0.2) is 66.7 Å². The second-order valence-corrected chi connectivity index (χ2v) is 11.4. The van der Waals surface area contributed by atoms with Gasteiger partial charge in [0.2, 0.25) is 17.7 Å². The van der Waals surface area contributed by atoms with E-state index < -0.39 is 23.9 Å². The first-order valence-corrected chi connectivity index (χ1v) is 15.3. The van der Waals surface area contributed by atoms with Crippen molar-refractivity contribution in [3.63, 3.8) is 0 Å². The molecule has 0 saturated carbocycles. The highest BCUT2D eigenvalue weighted by Crippen LogP contribution is 2.36. The maximum atomic E-state index is 13.8. The molecule has 5 rings (SSSR count). The molecule has 1 aliphatic carbocycles. The SMILES string of the molecule is COc1c(NC(=O)[C@H](CCN)NC(=O)[C@@H]2Cc3ccccc3CN2C(=O)CCC(=O)c2ccccc2)ccc2c1CCCC2. The van der Waals surface area contributed by atoms with Gasteiger partial charge in [-0.3, -0.25) is 19.2 Å². The van der Waals surface area contributed by atoms with Gasteiger partial charge in [0.25, 0.3) is 0 Å². The van der Waals surface area contributed by atoms with Gasteiger partial charge in [0.05, 0.1) is 12.8 Å². The summed E-state index contributed by atoms with van der Waals surface area (Å²) in [5.74, 6) is -0.607. The van der Waals surface area contributed by atoms with Crippen molar-refractivity contribution in [2.24, 2.45) is 5.73 Å². The number of hydrogen-bond acceptors (Lipinski definition) is 6. The Bertz CT molecular complexity index is 1520. The molecule has 1 heterocycles. The normalized spacial score (nSPS) is 16.2. The molecule has 44 heavy (non-hydrogen) atoms. The molecule has 0 aromatic heterocycles. The summed E-state index contributed by atoms with van der Waals surface area (Å²) < 4.78 is 5.71. The second-order valence-electron chi connectivity index (χ2n) is 11.4. The Morgan fingerprint density at radius 1 is 0.909 bits per heavy atom. The summed E-state index contributed by atoms with van der Waals surface area (Å²) in [4.78, 5) is 55.1. The lowest BCUT2D eigenvalue weighted by molar-refractivity contribution is -0.142. The summed E-state index contributed by atoms with van der Waals surface area (Å²) in [6.07, 6.45) is 4.58. The second kappa shape index (κ2) is 14.3. The number of nitrogens with one attached hydrogen (secondary N) is 2. The van der Waals surface area contributed by atoms with Crippen LogP contribution in [-0.2, 0) is 40.2 Å². The predicted molar refractivity (Wildman–Crippen MR) is 168 cm³/mol. The van der Waals surface area contributed by atoms with E-state index in [-0.39, 0.29) is 44.0 Å². The number of ether oxygens (including phenoxy) is 1. The molecule has 0 saturated heterocycles. The van der Waals surface area contributed by atoms with Gasteiger partial charge in [-0.25, -0.2) is 0 Å². The standard InChI is InChI=1S/C35H40N4O5/c1-44-33-27-14-8-7-9-23(27)15-16-28(33)37-34(42)29(19-20-36)38-35(43)30-21-25-12-5-6-13-26(25)22-39(30)32(41)18-17-31(40)24-10-3-2-4-11-24/h2-6,10-13,15-16,29-30H,7-9,14,17-22,36H2,1H3,(H,37,42)(H,38,43)/t29-,30-/m0/s1. The molecule has 2 atom stereocenters. The van der Waals surface area contributed by atoms with Gasteiger partial charge in [-0.2, -0.15) is 0 Å². The van der Waals surface area contributed by atoms with Crippen LogP contribution in [0.1, 0.15) is 64.7 Å².